The minimum Gasteiger partial charge on any atom is -0.493 e. The molecule has 2 aromatic carbocycles. The number of methoxy groups -OCH3 is 3. The number of rotatable bonds is 9. The maximum Gasteiger partial charge on any atom is 0.270 e. The van der Waals surface area contributed by atoms with Crippen molar-refractivity contribution in [3.05, 3.63) is 46.8 Å². The summed E-state index contributed by atoms with van der Waals surface area (Å²) in [6.45, 7) is 0. The molecule has 0 aliphatic heterocycles. The van der Waals surface area contributed by atoms with Crippen molar-refractivity contribution in [3.8, 4) is 17.2 Å². The Morgan fingerprint density at radius 3 is 2.36 bits per heavy atom. The molecule has 176 valence electrons. The van der Waals surface area contributed by atoms with Crippen LogP contribution in [-0.2, 0) is 11.8 Å². The zero-order valence-corrected chi connectivity index (χ0v) is 20.8. The van der Waals surface area contributed by atoms with Crippen molar-refractivity contribution in [1.82, 2.24) is 9.88 Å². The Bertz CT molecular complexity index is 1190. The van der Waals surface area contributed by atoms with E-state index in [-0.39, 0.29) is 0 Å². The molecule has 0 saturated heterocycles. The molecule has 2 amide bonds. The first-order valence-electron chi connectivity index (χ1n) is 10.2. The molecule has 0 spiro atoms. The third-order valence-corrected chi connectivity index (χ3v) is 6.82. The van der Waals surface area contributed by atoms with E-state index in [1.807, 2.05) is 42.1 Å². The van der Waals surface area contributed by atoms with Gasteiger partial charge in [0.15, 0.2) is 16.3 Å². The number of hydrogen-bond donors (Lipinski definition) is 1. The summed E-state index contributed by atoms with van der Waals surface area (Å²) in [6.07, 6.45) is 2.40. The maximum absolute atomic E-state index is 13.1. The van der Waals surface area contributed by atoms with Crippen LogP contribution in [0, 0.1) is 0 Å². The van der Waals surface area contributed by atoms with Gasteiger partial charge >= 0.3 is 0 Å². The zero-order valence-electron chi connectivity index (χ0n) is 19.2. The van der Waals surface area contributed by atoms with E-state index in [9.17, 15) is 9.59 Å². The van der Waals surface area contributed by atoms with Crippen molar-refractivity contribution in [2.75, 3.05) is 33.3 Å². The van der Waals surface area contributed by atoms with Crippen molar-refractivity contribution in [1.29, 1.82) is 0 Å². The van der Waals surface area contributed by atoms with E-state index in [0.717, 1.165) is 10.2 Å². The van der Waals surface area contributed by atoms with Crippen LogP contribution in [0.5, 0.6) is 17.2 Å². The van der Waals surface area contributed by atoms with Crippen LogP contribution in [0.25, 0.3) is 10.2 Å². The van der Waals surface area contributed by atoms with Crippen LogP contribution < -0.4 is 24.3 Å². The molecule has 1 atom stereocenters. The number of hydrogen-bond acceptors (Lipinski definition) is 7. The quantitative estimate of drug-likeness (QED) is 0.496. The van der Waals surface area contributed by atoms with Crippen molar-refractivity contribution < 1.29 is 23.8 Å². The van der Waals surface area contributed by atoms with Crippen LogP contribution in [0.15, 0.2) is 41.4 Å². The van der Waals surface area contributed by atoms with E-state index in [2.05, 4.69) is 10.3 Å². The third-order valence-electron chi connectivity index (χ3n) is 5.06. The number of fused-ring (bicyclic) bond motifs is 1. The fourth-order valence-electron chi connectivity index (χ4n) is 3.31. The number of thioether (sulfide) groups is 1. The summed E-state index contributed by atoms with van der Waals surface area (Å²) in [5, 5.41) is 2.83. The molecule has 3 rings (SSSR count). The van der Waals surface area contributed by atoms with Gasteiger partial charge in [0.25, 0.3) is 11.8 Å². The second-order valence-electron chi connectivity index (χ2n) is 7.08. The topological polar surface area (TPSA) is 91.2 Å². The Morgan fingerprint density at radius 1 is 1.12 bits per heavy atom. The largest absolute Gasteiger partial charge is 0.493 e. The summed E-state index contributed by atoms with van der Waals surface area (Å²) < 4.78 is 18.9. The first-order chi connectivity index (χ1) is 15.9. The normalized spacial score (nSPS) is 12.5. The molecule has 0 fully saturated rings. The van der Waals surface area contributed by atoms with Gasteiger partial charge in [-0.25, -0.2) is 0 Å². The summed E-state index contributed by atoms with van der Waals surface area (Å²) in [7, 11) is 6.32. The highest BCUT2D eigenvalue weighted by Gasteiger charge is 2.23. The van der Waals surface area contributed by atoms with Crippen molar-refractivity contribution >= 4 is 45.1 Å². The van der Waals surface area contributed by atoms with Gasteiger partial charge in [-0.3, -0.25) is 9.59 Å². The van der Waals surface area contributed by atoms with Gasteiger partial charge in [0.1, 0.15) is 6.04 Å². The molecule has 33 heavy (non-hydrogen) atoms. The number of thiazole rings is 1. The van der Waals surface area contributed by atoms with Gasteiger partial charge in [0.05, 0.1) is 31.5 Å². The molecule has 1 N–H and O–H groups in total. The smallest absolute Gasteiger partial charge is 0.270 e. The predicted molar refractivity (Wildman–Crippen MR) is 132 cm³/mol. The molecule has 1 aromatic heterocycles. The van der Waals surface area contributed by atoms with Gasteiger partial charge in [-0.2, -0.15) is 16.8 Å². The van der Waals surface area contributed by atoms with Crippen molar-refractivity contribution in [2.24, 2.45) is 12.0 Å². The second-order valence-corrected chi connectivity index (χ2v) is 9.08. The number of amides is 2. The molecule has 0 aliphatic rings. The summed E-state index contributed by atoms with van der Waals surface area (Å²) in [5.74, 6) is 0.974. The van der Waals surface area contributed by atoms with E-state index in [1.54, 1.807) is 23.9 Å². The molecule has 3 aromatic rings. The average molecular weight is 490 g/mol. The van der Waals surface area contributed by atoms with E-state index in [4.69, 9.17) is 14.2 Å². The van der Waals surface area contributed by atoms with Gasteiger partial charge < -0.3 is 24.1 Å². The van der Waals surface area contributed by atoms with Crippen molar-refractivity contribution in [3.63, 3.8) is 0 Å². The molecule has 0 bridgehead atoms. The summed E-state index contributed by atoms with van der Waals surface area (Å²) in [6, 6.07) is 10.2. The van der Waals surface area contributed by atoms with Gasteiger partial charge in [-0.15, -0.1) is 0 Å². The summed E-state index contributed by atoms with van der Waals surface area (Å²) in [5.41, 5.74) is 1.29. The number of carbonyl (C=O) groups is 2. The Hall–Kier alpha value is -2.98. The fraction of sp³-hybridized carbons (Fsp3) is 0.348. The lowest BCUT2D eigenvalue weighted by molar-refractivity contribution is -0.119. The number of ether oxygens (including phenoxy) is 3. The number of aromatic nitrogens is 1. The average Bonchev–Trinajstić information content (AvgIpc) is 3.15. The molecule has 0 aliphatic carbocycles. The predicted octanol–water partition coefficient (Wildman–Crippen LogP) is 3.24. The number of aryl methyl sites for hydroxylation is 1. The monoisotopic (exact) mass is 489 g/mol. The van der Waals surface area contributed by atoms with Crippen LogP contribution in [-0.4, -0.2) is 55.8 Å². The van der Waals surface area contributed by atoms with Crippen LogP contribution >= 0.6 is 23.1 Å². The summed E-state index contributed by atoms with van der Waals surface area (Å²) in [4.78, 5) is 31.1. The Morgan fingerprint density at radius 2 is 1.79 bits per heavy atom. The zero-order chi connectivity index (χ0) is 24.0. The van der Waals surface area contributed by atoms with Crippen LogP contribution in [0.3, 0.4) is 0 Å². The summed E-state index contributed by atoms with van der Waals surface area (Å²) >= 11 is 3.03. The van der Waals surface area contributed by atoms with E-state index in [1.165, 1.54) is 32.7 Å². The van der Waals surface area contributed by atoms with E-state index < -0.39 is 17.9 Å². The lowest BCUT2D eigenvalue weighted by Crippen LogP contribution is -2.41. The van der Waals surface area contributed by atoms with Crippen LogP contribution in [0.1, 0.15) is 16.8 Å². The maximum atomic E-state index is 13.1. The lowest BCUT2D eigenvalue weighted by Gasteiger charge is -2.17. The van der Waals surface area contributed by atoms with E-state index >= 15 is 0 Å². The minimum absolute atomic E-state index is 0.291. The highest BCUT2D eigenvalue weighted by Crippen LogP contribution is 2.38. The minimum atomic E-state index is -0.769. The van der Waals surface area contributed by atoms with Gasteiger partial charge in [-0.1, -0.05) is 23.5 Å². The number of para-hydroxylation sites is 1. The first kappa shape index (κ1) is 24.7. The lowest BCUT2D eigenvalue weighted by atomic mass is 10.1. The first-order valence-corrected chi connectivity index (χ1v) is 12.4. The standard InChI is InChI=1S/C23H27N3O5S2/c1-26-16-8-6-7-9-19(16)33-23(26)25-22(28)15(10-11-32-5)24-21(27)14-12-17(29-2)20(31-4)18(13-14)30-3/h6-9,12-13,15H,10-11H2,1-5H3,(H,24,27)/t15-/m0/s1. The number of nitrogens with one attached hydrogen (secondary N) is 1. The van der Waals surface area contributed by atoms with Gasteiger partial charge in [0.2, 0.25) is 5.75 Å². The molecule has 0 saturated carbocycles. The van der Waals surface area contributed by atoms with Crippen molar-refractivity contribution in [2.45, 2.75) is 12.5 Å². The molecular weight excluding hydrogens is 462 g/mol. The third kappa shape index (κ3) is 5.51. The molecular formula is C23H27N3O5S2. The van der Waals surface area contributed by atoms with Crippen LogP contribution in [0.4, 0.5) is 0 Å². The molecule has 0 unspecified atom stereocenters. The Labute approximate surface area is 200 Å². The van der Waals surface area contributed by atoms with Crippen LogP contribution in [0.2, 0.25) is 0 Å². The highest BCUT2D eigenvalue weighted by atomic mass is 32.2. The highest BCUT2D eigenvalue weighted by molar-refractivity contribution is 7.98. The second kappa shape index (κ2) is 11.2. The van der Waals surface area contributed by atoms with E-state index in [0.29, 0.717) is 39.8 Å². The molecule has 10 heteroatoms. The molecule has 0 radical (unpaired) electrons. The number of nitrogens with zero attached hydrogens (tertiary/aromatic N) is 2. The Kier molecular flexibility index (Phi) is 8.40. The fourth-order valence-corrected chi connectivity index (χ4v) is 4.80. The van der Waals surface area contributed by atoms with Gasteiger partial charge in [0, 0.05) is 12.6 Å². The molecule has 1 heterocycles. The Balaban J connectivity index is 1.91. The molecule has 8 nitrogen and oxygen atoms in total. The number of carbonyl (C=O) groups excluding carboxylic acids is 2. The van der Waals surface area contributed by atoms with Gasteiger partial charge in [-0.05, 0) is 42.7 Å². The SMILES string of the molecule is COc1cc(C(=O)N[C@@H](CCSC)C(=O)N=c2sc3ccccc3n2C)cc(OC)c1OC. The number of benzene rings is 2.